The third-order valence-electron chi connectivity index (χ3n) is 7.50. The van der Waals surface area contributed by atoms with Crippen molar-refractivity contribution in [2.75, 3.05) is 6.61 Å². The molecule has 0 aliphatic heterocycles. The molecule has 2 heterocycles. The Morgan fingerprint density at radius 1 is 0.894 bits per heavy atom. The molecule has 1 aromatic carbocycles. The summed E-state index contributed by atoms with van der Waals surface area (Å²) in [7, 11) is 0. The maximum atomic E-state index is 13.4. The number of carboxylic acids is 1. The molecule has 0 saturated heterocycles. The fourth-order valence-corrected chi connectivity index (χ4v) is 4.75. The van der Waals surface area contributed by atoms with Gasteiger partial charge in [-0.1, -0.05) is 53.7 Å². The van der Waals surface area contributed by atoms with Crippen LogP contribution in [-0.2, 0) is 25.7 Å². The lowest BCUT2D eigenvalue weighted by atomic mass is 10.0. The second-order valence-corrected chi connectivity index (χ2v) is 11.7. The van der Waals surface area contributed by atoms with Crippen LogP contribution in [0.25, 0.3) is 22.7 Å². The lowest BCUT2D eigenvalue weighted by Gasteiger charge is -2.21. The van der Waals surface area contributed by atoms with Gasteiger partial charge in [-0.15, -0.1) is 0 Å². The van der Waals surface area contributed by atoms with Crippen molar-refractivity contribution in [3.63, 3.8) is 0 Å². The minimum absolute atomic E-state index is 0.0803. The van der Waals surface area contributed by atoms with Gasteiger partial charge >= 0.3 is 11.9 Å². The molecular weight excluding hydrogens is 608 g/mol. The Morgan fingerprint density at radius 2 is 1.55 bits per heavy atom. The predicted molar refractivity (Wildman–Crippen MR) is 172 cm³/mol. The van der Waals surface area contributed by atoms with Crippen molar-refractivity contribution in [3.8, 4) is 22.7 Å². The van der Waals surface area contributed by atoms with Gasteiger partial charge in [0.2, 0.25) is 17.6 Å². The van der Waals surface area contributed by atoms with Crippen LogP contribution >= 0.6 is 0 Å². The summed E-state index contributed by atoms with van der Waals surface area (Å²) in [4.78, 5) is 67.3. The van der Waals surface area contributed by atoms with Gasteiger partial charge in [0.25, 0.3) is 11.8 Å². The molecule has 4 N–H and O–H groups in total. The molecule has 0 aliphatic carbocycles. The number of carboxylic acid groups (broad SMARTS) is 1. The van der Waals surface area contributed by atoms with E-state index in [0.29, 0.717) is 29.7 Å². The van der Waals surface area contributed by atoms with Crippen molar-refractivity contribution in [1.29, 1.82) is 0 Å². The quantitative estimate of drug-likeness (QED) is 0.166. The van der Waals surface area contributed by atoms with E-state index in [9.17, 15) is 29.1 Å². The summed E-state index contributed by atoms with van der Waals surface area (Å²) in [6.07, 6.45) is 2.64. The second-order valence-electron chi connectivity index (χ2n) is 11.7. The number of nitrogens with one attached hydrogen (secondary N) is 3. The Bertz CT molecular complexity index is 1570. The van der Waals surface area contributed by atoms with Crippen molar-refractivity contribution < 1.29 is 38.2 Å². The van der Waals surface area contributed by atoms with E-state index in [1.165, 1.54) is 10.9 Å². The van der Waals surface area contributed by atoms with Gasteiger partial charge in [-0.3, -0.25) is 14.4 Å². The molecular formula is C33H44N6O8. The molecule has 0 saturated carbocycles. The number of ether oxygens (including phenoxy) is 1. The average molecular weight is 653 g/mol. The highest BCUT2D eigenvalue weighted by molar-refractivity contribution is 5.95. The molecule has 3 aromatic rings. The third-order valence-corrected chi connectivity index (χ3v) is 7.50. The molecule has 3 rings (SSSR count). The van der Waals surface area contributed by atoms with Crippen LogP contribution in [0, 0.1) is 11.8 Å². The first-order chi connectivity index (χ1) is 22.3. The summed E-state index contributed by atoms with van der Waals surface area (Å²) in [5.74, 6) is -3.98. The first-order valence-electron chi connectivity index (χ1n) is 15.7. The minimum atomic E-state index is -1.16. The third kappa shape index (κ3) is 9.50. The zero-order valence-corrected chi connectivity index (χ0v) is 27.8. The summed E-state index contributed by atoms with van der Waals surface area (Å²) in [6.45, 7) is 12.4. The van der Waals surface area contributed by atoms with E-state index in [4.69, 9.17) is 9.15 Å². The zero-order valence-electron chi connectivity index (χ0n) is 27.8. The van der Waals surface area contributed by atoms with Gasteiger partial charge in [0, 0.05) is 17.2 Å². The largest absolute Gasteiger partial charge is 0.480 e. The normalized spacial score (nSPS) is 12.6. The van der Waals surface area contributed by atoms with Gasteiger partial charge in [0.1, 0.15) is 24.3 Å². The number of esters is 1. The van der Waals surface area contributed by atoms with Crippen LogP contribution in [0.4, 0.5) is 0 Å². The highest BCUT2D eigenvalue weighted by Crippen LogP contribution is 2.27. The van der Waals surface area contributed by atoms with Crippen LogP contribution in [0.2, 0.25) is 0 Å². The van der Waals surface area contributed by atoms with Crippen LogP contribution in [0.5, 0.6) is 0 Å². The van der Waals surface area contributed by atoms with E-state index in [0.717, 1.165) is 0 Å². The number of carbonyl (C=O) groups is 5. The molecule has 47 heavy (non-hydrogen) atoms. The van der Waals surface area contributed by atoms with Gasteiger partial charge in [-0.25, -0.2) is 19.3 Å². The molecule has 14 nitrogen and oxygen atoms in total. The number of benzene rings is 1. The molecule has 0 spiro atoms. The van der Waals surface area contributed by atoms with E-state index in [-0.39, 0.29) is 48.4 Å². The summed E-state index contributed by atoms with van der Waals surface area (Å²) in [5.41, 5.74) is 1.59. The lowest BCUT2D eigenvalue weighted by Crippen LogP contribution is -2.46. The number of hydrogen-bond acceptors (Lipinski definition) is 9. The summed E-state index contributed by atoms with van der Waals surface area (Å²) in [6, 6.07) is 6.40. The standard InChI is InChI=1S/C33H44N6O8/c1-8-22(9-2)35-29(41)24-15-23(38-39(24)17-26(40)36-28(19(6)7)33(45)46-10-3)20-12-11-13-21(14-20)31-34-16-25(47-31)30(42)37-27(18(4)5)32(43)44/h11-16,18-19,22,27-28H,8-10,17H2,1-7H3,(H,35,41)(H,36,40)(H,37,42)(H,43,44). The number of amides is 3. The number of nitrogens with zero attached hydrogens (tertiary/aromatic N) is 3. The Morgan fingerprint density at radius 3 is 2.15 bits per heavy atom. The zero-order chi connectivity index (χ0) is 34.8. The van der Waals surface area contributed by atoms with E-state index in [2.05, 4.69) is 26.0 Å². The predicted octanol–water partition coefficient (Wildman–Crippen LogP) is 3.67. The number of aromatic nitrogens is 3. The van der Waals surface area contributed by atoms with Gasteiger partial charge in [0.05, 0.1) is 18.5 Å². The van der Waals surface area contributed by atoms with Gasteiger partial charge in [0.15, 0.2) is 0 Å². The fourth-order valence-electron chi connectivity index (χ4n) is 4.75. The Balaban J connectivity index is 1.92. The van der Waals surface area contributed by atoms with Crippen molar-refractivity contribution >= 4 is 29.7 Å². The summed E-state index contributed by atoms with van der Waals surface area (Å²) >= 11 is 0. The van der Waals surface area contributed by atoms with Crippen molar-refractivity contribution in [2.45, 2.75) is 86.0 Å². The molecule has 2 atom stereocenters. The maximum Gasteiger partial charge on any atom is 0.328 e. The Kier molecular flexibility index (Phi) is 12.8. The Hall–Kier alpha value is -5.01. The first kappa shape index (κ1) is 36.5. The maximum absolute atomic E-state index is 13.4. The van der Waals surface area contributed by atoms with Crippen LogP contribution in [-0.4, -0.2) is 74.3 Å². The highest BCUT2D eigenvalue weighted by Gasteiger charge is 2.28. The van der Waals surface area contributed by atoms with Crippen LogP contribution < -0.4 is 16.0 Å². The molecule has 0 fully saturated rings. The molecule has 0 aliphatic rings. The SMILES string of the molecule is CCOC(=O)C(NC(=O)Cn1nc(-c2cccc(-c3ncc(C(=O)NC(C(=O)O)C(C)C)o3)c2)cc1C(=O)NC(CC)CC)C(C)C. The molecule has 254 valence electrons. The second kappa shape index (κ2) is 16.5. The number of rotatable bonds is 16. The number of carbonyl (C=O) groups excluding carboxylic acids is 4. The van der Waals surface area contributed by atoms with E-state index < -0.39 is 41.7 Å². The van der Waals surface area contributed by atoms with Crippen molar-refractivity contribution in [1.82, 2.24) is 30.7 Å². The lowest BCUT2D eigenvalue weighted by molar-refractivity contribution is -0.148. The van der Waals surface area contributed by atoms with E-state index >= 15 is 0 Å². The molecule has 3 amide bonds. The highest BCUT2D eigenvalue weighted by atomic mass is 16.5. The number of hydrogen-bond donors (Lipinski definition) is 4. The monoisotopic (exact) mass is 652 g/mol. The molecule has 14 heteroatoms. The van der Waals surface area contributed by atoms with E-state index in [1.807, 2.05) is 13.8 Å². The van der Waals surface area contributed by atoms with Gasteiger partial charge in [-0.2, -0.15) is 5.10 Å². The number of oxazole rings is 1. The molecule has 2 aromatic heterocycles. The summed E-state index contributed by atoms with van der Waals surface area (Å²) in [5, 5.41) is 22.1. The average Bonchev–Trinajstić information content (AvgIpc) is 3.69. The number of aliphatic carboxylic acids is 1. The van der Waals surface area contributed by atoms with Crippen LogP contribution in [0.3, 0.4) is 0 Å². The van der Waals surface area contributed by atoms with Crippen molar-refractivity contribution in [3.05, 3.63) is 48.0 Å². The summed E-state index contributed by atoms with van der Waals surface area (Å²) < 4.78 is 12.1. The molecule has 2 unspecified atom stereocenters. The fraction of sp³-hybridized carbons (Fsp3) is 0.485. The van der Waals surface area contributed by atoms with Crippen LogP contribution in [0.1, 0.15) is 82.4 Å². The van der Waals surface area contributed by atoms with Crippen molar-refractivity contribution in [2.24, 2.45) is 11.8 Å². The minimum Gasteiger partial charge on any atom is -0.480 e. The van der Waals surface area contributed by atoms with E-state index in [1.54, 1.807) is 65.0 Å². The molecule has 0 bridgehead atoms. The molecule has 0 radical (unpaired) electrons. The topological polar surface area (TPSA) is 195 Å². The van der Waals surface area contributed by atoms with Gasteiger partial charge < -0.3 is 30.2 Å². The smallest absolute Gasteiger partial charge is 0.328 e. The first-order valence-corrected chi connectivity index (χ1v) is 15.7. The Labute approximate surface area is 273 Å². The van der Waals surface area contributed by atoms with Gasteiger partial charge in [-0.05, 0) is 49.8 Å². The van der Waals surface area contributed by atoms with Crippen LogP contribution in [0.15, 0.2) is 40.9 Å².